The summed E-state index contributed by atoms with van der Waals surface area (Å²) in [6.07, 6.45) is 0. The molecule has 1 N–H and O–H groups in total. The van der Waals surface area contributed by atoms with Gasteiger partial charge in [0, 0.05) is 28.3 Å². The monoisotopic (exact) mass is 490 g/mol. The summed E-state index contributed by atoms with van der Waals surface area (Å²) in [6.45, 7) is 3.51. The minimum absolute atomic E-state index is 0.168. The number of anilines is 1. The third-order valence-electron chi connectivity index (χ3n) is 5.39. The number of amides is 2. The van der Waals surface area contributed by atoms with Gasteiger partial charge in [0.15, 0.2) is 0 Å². The van der Waals surface area contributed by atoms with Crippen LogP contribution in [0.15, 0.2) is 84.9 Å². The predicted molar refractivity (Wildman–Crippen MR) is 135 cm³/mol. The molecule has 0 aliphatic heterocycles. The molecule has 6 nitrogen and oxygen atoms in total. The fourth-order valence-corrected chi connectivity index (χ4v) is 3.80. The van der Waals surface area contributed by atoms with E-state index in [-0.39, 0.29) is 24.3 Å². The highest BCUT2D eigenvalue weighted by Gasteiger charge is 2.23. The van der Waals surface area contributed by atoms with Gasteiger partial charge in [-0.05, 0) is 56.3 Å². The molecule has 1 aromatic heterocycles. The Morgan fingerprint density at radius 2 is 1.71 bits per heavy atom. The topological polar surface area (TPSA) is 67.2 Å². The van der Waals surface area contributed by atoms with Crippen molar-refractivity contribution < 1.29 is 14.0 Å². The average Bonchev–Trinajstić information content (AvgIpc) is 3.26. The second-order valence-corrected chi connectivity index (χ2v) is 8.69. The predicted octanol–water partition coefficient (Wildman–Crippen LogP) is 5.82. The Labute approximate surface area is 208 Å². The minimum Gasteiger partial charge on any atom is -0.327 e. The van der Waals surface area contributed by atoms with E-state index in [0.717, 1.165) is 5.56 Å². The zero-order valence-corrected chi connectivity index (χ0v) is 20.0. The number of aromatic nitrogens is 2. The molecule has 0 fully saturated rings. The van der Waals surface area contributed by atoms with Crippen LogP contribution < -0.4 is 5.32 Å². The first-order valence-electron chi connectivity index (χ1n) is 11.1. The molecule has 0 spiro atoms. The minimum atomic E-state index is -0.392. The van der Waals surface area contributed by atoms with Gasteiger partial charge in [0.2, 0.25) is 5.91 Å². The third-order valence-corrected chi connectivity index (χ3v) is 5.62. The number of benzene rings is 3. The molecule has 178 valence electrons. The molecule has 0 unspecified atom stereocenters. The Bertz CT molecular complexity index is 1340. The van der Waals surface area contributed by atoms with Gasteiger partial charge in [0.25, 0.3) is 5.91 Å². The first kappa shape index (κ1) is 24.2. The van der Waals surface area contributed by atoms with Gasteiger partial charge in [0.05, 0.1) is 11.4 Å². The van der Waals surface area contributed by atoms with E-state index in [9.17, 15) is 14.0 Å². The van der Waals surface area contributed by atoms with Crippen LogP contribution in [0, 0.1) is 5.82 Å². The van der Waals surface area contributed by atoms with Crippen molar-refractivity contribution in [2.24, 2.45) is 0 Å². The number of carbonyl (C=O) groups excluding carboxylic acids is 2. The molecule has 2 amide bonds. The first-order chi connectivity index (χ1) is 16.8. The molecule has 0 bridgehead atoms. The number of rotatable bonds is 7. The largest absolute Gasteiger partial charge is 0.327 e. The molecule has 0 aliphatic rings. The Morgan fingerprint density at radius 3 is 2.37 bits per heavy atom. The third kappa shape index (κ3) is 5.75. The summed E-state index contributed by atoms with van der Waals surface area (Å²) in [5.74, 6) is -0.659. The molecule has 4 rings (SSSR count). The highest BCUT2D eigenvalue weighted by molar-refractivity contribution is 6.31. The lowest BCUT2D eigenvalue weighted by molar-refractivity contribution is -0.117. The molecule has 8 heteroatoms. The molecular formula is C27H24ClFN4O2. The summed E-state index contributed by atoms with van der Waals surface area (Å²) in [7, 11) is 0. The van der Waals surface area contributed by atoms with E-state index in [1.807, 2.05) is 44.2 Å². The van der Waals surface area contributed by atoms with E-state index in [2.05, 4.69) is 10.4 Å². The van der Waals surface area contributed by atoms with E-state index < -0.39 is 5.91 Å². The van der Waals surface area contributed by atoms with Gasteiger partial charge in [-0.1, -0.05) is 48.0 Å². The summed E-state index contributed by atoms with van der Waals surface area (Å²) >= 11 is 6.04. The normalized spacial score (nSPS) is 10.9. The summed E-state index contributed by atoms with van der Waals surface area (Å²) in [4.78, 5) is 27.6. The van der Waals surface area contributed by atoms with E-state index >= 15 is 0 Å². The van der Waals surface area contributed by atoms with Gasteiger partial charge in [0.1, 0.15) is 18.2 Å². The quantitative estimate of drug-likeness (QED) is 0.355. The van der Waals surface area contributed by atoms with E-state index in [4.69, 9.17) is 11.6 Å². The number of hydrogen-bond donors (Lipinski definition) is 1. The smallest absolute Gasteiger partial charge is 0.254 e. The fraction of sp³-hybridized carbons (Fsp3) is 0.148. The van der Waals surface area contributed by atoms with Crippen LogP contribution in [0.2, 0.25) is 5.02 Å². The highest BCUT2D eigenvalue weighted by Crippen LogP contribution is 2.25. The Hall–Kier alpha value is -3.97. The average molecular weight is 491 g/mol. The summed E-state index contributed by atoms with van der Waals surface area (Å²) in [5.41, 5.74) is 2.49. The van der Waals surface area contributed by atoms with Crippen LogP contribution in [0.4, 0.5) is 10.2 Å². The van der Waals surface area contributed by atoms with Gasteiger partial charge in [-0.25, -0.2) is 9.07 Å². The number of hydrogen-bond acceptors (Lipinski definition) is 3. The van der Waals surface area contributed by atoms with Gasteiger partial charge >= 0.3 is 0 Å². The van der Waals surface area contributed by atoms with Crippen molar-refractivity contribution >= 4 is 29.2 Å². The van der Waals surface area contributed by atoms with Gasteiger partial charge in [-0.3, -0.25) is 9.59 Å². The Kier molecular flexibility index (Phi) is 7.27. The maximum Gasteiger partial charge on any atom is 0.254 e. The van der Waals surface area contributed by atoms with Gasteiger partial charge in [-0.15, -0.1) is 0 Å². The second kappa shape index (κ2) is 10.5. The van der Waals surface area contributed by atoms with Crippen LogP contribution in [0.3, 0.4) is 0 Å². The lowest BCUT2D eigenvalue weighted by Crippen LogP contribution is -2.42. The van der Waals surface area contributed by atoms with Crippen molar-refractivity contribution in [2.75, 3.05) is 11.9 Å². The maximum atomic E-state index is 13.5. The Morgan fingerprint density at radius 1 is 1.00 bits per heavy atom. The molecule has 0 aliphatic carbocycles. The molecule has 1 heterocycles. The fourth-order valence-electron chi connectivity index (χ4n) is 3.61. The van der Waals surface area contributed by atoms with Crippen LogP contribution >= 0.6 is 11.6 Å². The highest BCUT2D eigenvalue weighted by atomic mass is 35.5. The lowest BCUT2D eigenvalue weighted by Gasteiger charge is -2.26. The van der Waals surface area contributed by atoms with Crippen LogP contribution in [-0.4, -0.2) is 39.1 Å². The first-order valence-corrected chi connectivity index (χ1v) is 11.5. The number of nitrogens with one attached hydrogen (secondary N) is 1. The van der Waals surface area contributed by atoms with Crippen LogP contribution in [0.5, 0.6) is 0 Å². The van der Waals surface area contributed by atoms with Crippen molar-refractivity contribution in [3.8, 4) is 16.9 Å². The maximum absolute atomic E-state index is 13.5. The molecule has 4 aromatic rings. The van der Waals surface area contributed by atoms with Crippen molar-refractivity contribution in [2.45, 2.75) is 19.9 Å². The van der Waals surface area contributed by atoms with E-state index in [1.54, 1.807) is 42.5 Å². The van der Waals surface area contributed by atoms with Crippen molar-refractivity contribution in [1.29, 1.82) is 0 Å². The molecule has 0 radical (unpaired) electrons. The van der Waals surface area contributed by atoms with E-state index in [1.165, 1.54) is 21.7 Å². The zero-order chi connectivity index (χ0) is 24.9. The van der Waals surface area contributed by atoms with Gasteiger partial charge < -0.3 is 10.2 Å². The van der Waals surface area contributed by atoms with Gasteiger partial charge in [-0.2, -0.15) is 5.10 Å². The second-order valence-electron chi connectivity index (χ2n) is 8.25. The number of nitrogens with zero attached hydrogens (tertiary/aromatic N) is 3. The van der Waals surface area contributed by atoms with Crippen molar-refractivity contribution in [3.63, 3.8) is 0 Å². The van der Waals surface area contributed by atoms with Crippen LogP contribution in [0.1, 0.15) is 24.2 Å². The van der Waals surface area contributed by atoms with E-state index in [0.29, 0.717) is 27.8 Å². The molecule has 3 aromatic carbocycles. The SMILES string of the molecule is CC(C)N(CC(=O)Nc1cc(-c2ccccc2)nn1-c1ccc(F)cc1)C(=O)c1cccc(Cl)c1. The summed E-state index contributed by atoms with van der Waals surface area (Å²) < 4.78 is 15.0. The van der Waals surface area contributed by atoms with Crippen molar-refractivity contribution in [3.05, 3.63) is 101 Å². The number of halogens is 2. The molecule has 0 atom stereocenters. The summed E-state index contributed by atoms with van der Waals surface area (Å²) in [5, 5.41) is 7.93. The van der Waals surface area contributed by atoms with Crippen LogP contribution in [-0.2, 0) is 4.79 Å². The Balaban J connectivity index is 1.61. The zero-order valence-electron chi connectivity index (χ0n) is 19.3. The molecule has 35 heavy (non-hydrogen) atoms. The summed E-state index contributed by atoms with van der Waals surface area (Å²) in [6, 6.07) is 23.5. The lowest BCUT2D eigenvalue weighted by atomic mass is 10.1. The van der Waals surface area contributed by atoms with Crippen molar-refractivity contribution in [1.82, 2.24) is 14.7 Å². The molecule has 0 saturated carbocycles. The molecule has 0 saturated heterocycles. The van der Waals surface area contributed by atoms with Crippen LogP contribution in [0.25, 0.3) is 16.9 Å². The standard InChI is InChI=1S/C27H24ClFN4O2/c1-18(2)32(27(35)20-9-6-10-21(28)15-20)17-26(34)30-25-16-24(19-7-4-3-5-8-19)31-33(25)23-13-11-22(29)12-14-23/h3-16,18H,17H2,1-2H3,(H,30,34). The number of carbonyl (C=O) groups is 2. The molecular weight excluding hydrogens is 467 g/mol.